The highest BCUT2D eigenvalue weighted by atomic mass is 16.2. The van der Waals surface area contributed by atoms with E-state index in [1.807, 2.05) is 18.2 Å². The van der Waals surface area contributed by atoms with E-state index in [0.717, 1.165) is 31.5 Å². The van der Waals surface area contributed by atoms with E-state index in [9.17, 15) is 4.79 Å². The number of rotatable bonds is 7. The summed E-state index contributed by atoms with van der Waals surface area (Å²) in [6.07, 6.45) is 3.83. The van der Waals surface area contributed by atoms with Crippen molar-refractivity contribution in [2.45, 2.75) is 37.5 Å². The first kappa shape index (κ1) is 23.4. The molecule has 4 aromatic rings. The number of fused-ring (bicyclic) bond motifs is 1. The lowest BCUT2D eigenvalue weighted by Gasteiger charge is -2.51. The van der Waals surface area contributed by atoms with Crippen molar-refractivity contribution < 1.29 is 4.79 Å². The Kier molecular flexibility index (Phi) is 5.85. The van der Waals surface area contributed by atoms with Crippen LogP contribution < -0.4 is 5.32 Å². The highest BCUT2D eigenvalue weighted by molar-refractivity contribution is 5.91. The predicted molar refractivity (Wildman–Crippen MR) is 153 cm³/mol. The van der Waals surface area contributed by atoms with Crippen LogP contribution in [0, 0.1) is 17.8 Å². The molecule has 1 amide bonds. The summed E-state index contributed by atoms with van der Waals surface area (Å²) in [7, 11) is 0. The third-order valence-corrected chi connectivity index (χ3v) is 9.15. The molecule has 1 N–H and O–H groups in total. The van der Waals surface area contributed by atoms with Gasteiger partial charge in [0.2, 0.25) is 5.91 Å². The van der Waals surface area contributed by atoms with Gasteiger partial charge in [-0.05, 0) is 46.2 Å². The molecule has 5 atom stereocenters. The molecule has 2 fully saturated rings. The van der Waals surface area contributed by atoms with E-state index in [1.54, 1.807) is 0 Å². The Morgan fingerprint density at radius 3 is 2.39 bits per heavy atom. The van der Waals surface area contributed by atoms with E-state index < -0.39 is 5.54 Å². The second-order valence-electron chi connectivity index (χ2n) is 11.3. The second-order valence-corrected chi connectivity index (χ2v) is 11.3. The molecule has 4 aromatic carbocycles. The summed E-state index contributed by atoms with van der Waals surface area (Å²) < 4.78 is 0. The Labute approximate surface area is 224 Å². The second kappa shape index (κ2) is 9.52. The molecule has 1 saturated heterocycles. The van der Waals surface area contributed by atoms with Gasteiger partial charge < -0.3 is 5.32 Å². The number of carbonyl (C=O) groups is 1. The Morgan fingerprint density at radius 1 is 0.868 bits per heavy atom. The molecule has 0 unspecified atom stereocenters. The number of carbonyl (C=O) groups excluding carboxylic acids is 1. The molecule has 0 aromatic heterocycles. The van der Waals surface area contributed by atoms with Gasteiger partial charge >= 0.3 is 0 Å². The lowest BCUT2D eigenvalue weighted by molar-refractivity contribution is -0.132. The zero-order chi connectivity index (χ0) is 25.5. The molecular formula is C34H33N3O. The monoisotopic (exact) mass is 499 g/mol. The van der Waals surface area contributed by atoms with Crippen LogP contribution in [0.1, 0.15) is 23.1 Å². The number of benzene rings is 4. The van der Waals surface area contributed by atoms with Crippen molar-refractivity contribution in [3.05, 3.63) is 120 Å². The number of nitrogens with zero attached hydrogens (tertiary/aromatic N) is 2. The molecule has 8 rings (SSSR count). The third kappa shape index (κ3) is 3.95. The topological polar surface area (TPSA) is 44.7 Å². The maximum atomic E-state index is 14.1. The van der Waals surface area contributed by atoms with Gasteiger partial charge in [-0.1, -0.05) is 103 Å². The summed E-state index contributed by atoms with van der Waals surface area (Å²) in [5.74, 6) is 1.08. The van der Waals surface area contributed by atoms with Gasteiger partial charge in [-0.25, -0.2) is 0 Å². The molecule has 3 heterocycles. The summed E-state index contributed by atoms with van der Waals surface area (Å²) in [4.78, 5) is 21.8. The molecule has 0 spiro atoms. The zero-order valence-corrected chi connectivity index (χ0v) is 21.5. The number of nitrogens with one attached hydrogen (secondary N) is 1. The molecule has 4 bridgehead atoms. The fourth-order valence-electron chi connectivity index (χ4n) is 7.43. The minimum absolute atomic E-state index is 0.0821. The summed E-state index contributed by atoms with van der Waals surface area (Å²) in [6.45, 7) is 2.46. The maximum absolute atomic E-state index is 14.1. The maximum Gasteiger partial charge on any atom is 0.248 e. The van der Waals surface area contributed by atoms with Crippen LogP contribution in [0.25, 0.3) is 10.8 Å². The summed E-state index contributed by atoms with van der Waals surface area (Å²) in [5.41, 5.74) is 3.04. The average Bonchev–Trinajstić information content (AvgIpc) is 3.27. The zero-order valence-electron chi connectivity index (χ0n) is 21.5. The molecule has 3 aliphatic heterocycles. The van der Waals surface area contributed by atoms with Crippen LogP contribution in [-0.2, 0) is 24.3 Å². The van der Waals surface area contributed by atoms with Gasteiger partial charge in [0.15, 0.2) is 0 Å². The molecular weight excluding hydrogens is 466 g/mol. The van der Waals surface area contributed by atoms with Gasteiger partial charge in [0.1, 0.15) is 5.54 Å². The van der Waals surface area contributed by atoms with E-state index in [0.29, 0.717) is 24.4 Å². The third-order valence-electron chi connectivity index (χ3n) is 9.15. The average molecular weight is 500 g/mol. The van der Waals surface area contributed by atoms with Gasteiger partial charge in [-0.15, -0.1) is 0 Å². The Balaban J connectivity index is 1.23. The van der Waals surface area contributed by atoms with Crippen molar-refractivity contribution >= 4 is 22.9 Å². The van der Waals surface area contributed by atoms with E-state index in [2.05, 4.69) is 101 Å². The molecule has 1 aliphatic carbocycles. The standard InChI is InChI=1S/C34H33N3O/c38-33(35-20-25-12-5-2-6-13-25)34-19-28-23-37(22-27-16-9-15-26-14-7-8-17-29(26)27)32(30(28)21-36-34)31(34)18-24-10-3-1-4-11-24/h1-17,21,28,30-32H,18-20,22-23H2,(H,35,38)/t28-,30-,31+,32+,34+/m1/s1. The van der Waals surface area contributed by atoms with Crippen molar-refractivity contribution in [2.75, 3.05) is 6.54 Å². The highest BCUT2D eigenvalue weighted by Gasteiger charge is 2.63. The van der Waals surface area contributed by atoms with Crippen molar-refractivity contribution in [3.63, 3.8) is 0 Å². The van der Waals surface area contributed by atoms with Crippen LogP contribution in [0.3, 0.4) is 0 Å². The fraction of sp³-hybridized carbons (Fsp3) is 0.294. The van der Waals surface area contributed by atoms with Gasteiger partial charge in [-0.2, -0.15) is 0 Å². The van der Waals surface area contributed by atoms with Gasteiger partial charge in [0.05, 0.1) is 0 Å². The summed E-state index contributed by atoms with van der Waals surface area (Å²) in [5, 5.41) is 5.90. The predicted octanol–water partition coefficient (Wildman–Crippen LogP) is 5.66. The molecule has 0 radical (unpaired) electrons. The van der Waals surface area contributed by atoms with E-state index >= 15 is 0 Å². The molecule has 4 aliphatic rings. The van der Waals surface area contributed by atoms with E-state index in [1.165, 1.54) is 21.9 Å². The van der Waals surface area contributed by atoms with Crippen molar-refractivity contribution in [3.8, 4) is 0 Å². The van der Waals surface area contributed by atoms with Gasteiger partial charge in [0.25, 0.3) is 0 Å². The van der Waals surface area contributed by atoms with E-state index in [-0.39, 0.29) is 11.8 Å². The lowest BCUT2D eigenvalue weighted by atomic mass is 9.59. The van der Waals surface area contributed by atoms with Crippen LogP contribution in [-0.4, -0.2) is 35.1 Å². The number of aliphatic imine (C=N–C) groups is 1. The van der Waals surface area contributed by atoms with Crippen LogP contribution in [0.5, 0.6) is 0 Å². The number of hydrogen-bond acceptors (Lipinski definition) is 3. The van der Waals surface area contributed by atoms with Crippen LogP contribution in [0.4, 0.5) is 0 Å². The first-order valence-electron chi connectivity index (χ1n) is 13.8. The SMILES string of the molecule is O=C(NCc1ccccc1)[C@@]12C[C@@H]3CN(Cc4cccc5ccccc45)[C@@H]([C@@H]3C=N1)[C@@H]2Cc1ccccc1. The normalized spacial score (nSPS) is 27.6. The van der Waals surface area contributed by atoms with Crippen LogP contribution in [0.2, 0.25) is 0 Å². The largest absolute Gasteiger partial charge is 0.350 e. The quantitative estimate of drug-likeness (QED) is 0.357. The molecule has 4 heteroatoms. The Morgan fingerprint density at radius 2 is 1.58 bits per heavy atom. The number of hydrogen-bond donors (Lipinski definition) is 1. The van der Waals surface area contributed by atoms with Gasteiger partial charge in [0, 0.05) is 43.7 Å². The molecule has 1 saturated carbocycles. The molecule has 190 valence electrons. The van der Waals surface area contributed by atoms with Crippen LogP contribution >= 0.6 is 0 Å². The van der Waals surface area contributed by atoms with E-state index in [4.69, 9.17) is 4.99 Å². The molecule has 38 heavy (non-hydrogen) atoms. The smallest absolute Gasteiger partial charge is 0.248 e. The van der Waals surface area contributed by atoms with Crippen molar-refractivity contribution in [1.82, 2.24) is 10.2 Å². The summed E-state index contributed by atoms with van der Waals surface area (Å²) >= 11 is 0. The van der Waals surface area contributed by atoms with Crippen molar-refractivity contribution in [2.24, 2.45) is 22.7 Å². The Bertz CT molecular complexity index is 1480. The van der Waals surface area contributed by atoms with Crippen molar-refractivity contribution in [1.29, 1.82) is 0 Å². The summed E-state index contributed by atoms with van der Waals surface area (Å²) in [6, 6.07) is 36.5. The first-order chi connectivity index (χ1) is 18.7. The Hall–Kier alpha value is -3.76. The first-order valence-corrected chi connectivity index (χ1v) is 13.8. The van der Waals surface area contributed by atoms with Crippen LogP contribution in [0.15, 0.2) is 108 Å². The minimum atomic E-state index is -0.720. The molecule has 4 nitrogen and oxygen atoms in total. The lowest BCUT2D eigenvalue weighted by Crippen LogP contribution is -2.63. The minimum Gasteiger partial charge on any atom is -0.350 e. The fourth-order valence-corrected chi connectivity index (χ4v) is 7.43. The highest BCUT2D eigenvalue weighted by Crippen LogP contribution is 2.54. The number of likely N-dealkylation sites (tertiary alicyclic amines) is 1. The van der Waals surface area contributed by atoms with Gasteiger partial charge in [-0.3, -0.25) is 14.7 Å². The number of amides is 1.